The van der Waals surface area contributed by atoms with Gasteiger partial charge in [-0.25, -0.2) is 14.4 Å². The minimum Gasteiger partial charge on any atom is -0.478 e. The molecule has 1 heterocycles. The Kier molecular flexibility index (Phi) is 6.00. The van der Waals surface area contributed by atoms with Gasteiger partial charge in [-0.05, 0) is 32.9 Å². The van der Waals surface area contributed by atoms with Crippen LogP contribution in [0.2, 0.25) is 5.02 Å². The maximum absolute atomic E-state index is 12.0. The summed E-state index contributed by atoms with van der Waals surface area (Å²) in [5, 5.41) is 12.5. The number of nitrogens with one attached hydrogen (secondary N) is 1. The Morgan fingerprint density at radius 1 is 1.30 bits per heavy atom. The summed E-state index contributed by atoms with van der Waals surface area (Å²) < 4.78 is 11.5. The molecule has 0 aliphatic rings. The van der Waals surface area contributed by atoms with E-state index in [1.165, 1.54) is 13.2 Å². The summed E-state index contributed by atoms with van der Waals surface area (Å²) in [4.78, 5) is 35.4. The lowest BCUT2D eigenvalue weighted by Gasteiger charge is -2.19. The smallest absolute Gasteiger partial charge is 0.407 e. The Bertz CT molecular complexity index is 897. The summed E-state index contributed by atoms with van der Waals surface area (Å²) in [6.07, 6.45) is 1.05. The van der Waals surface area contributed by atoms with Crippen LogP contribution in [0.15, 0.2) is 18.3 Å². The second-order valence-corrected chi connectivity index (χ2v) is 7.18. The van der Waals surface area contributed by atoms with Crippen molar-refractivity contribution in [2.75, 3.05) is 13.7 Å². The predicted molar refractivity (Wildman–Crippen MR) is 99.5 cm³/mol. The van der Waals surface area contributed by atoms with Crippen molar-refractivity contribution in [1.29, 1.82) is 0 Å². The molecule has 146 valence electrons. The molecule has 1 aromatic carbocycles. The van der Waals surface area contributed by atoms with Crippen molar-refractivity contribution in [2.45, 2.75) is 32.9 Å². The Morgan fingerprint density at radius 2 is 1.96 bits per heavy atom. The van der Waals surface area contributed by atoms with Gasteiger partial charge in [-0.3, -0.25) is 0 Å². The van der Waals surface area contributed by atoms with Crippen LogP contribution in [-0.2, 0) is 16.0 Å². The number of hydrogen-bond donors (Lipinski definition) is 2. The van der Waals surface area contributed by atoms with Gasteiger partial charge >= 0.3 is 18.0 Å². The molecule has 0 aliphatic carbocycles. The van der Waals surface area contributed by atoms with Gasteiger partial charge < -0.3 is 24.5 Å². The van der Waals surface area contributed by atoms with Gasteiger partial charge in [0.25, 0.3) is 0 Å². The van der Waals surface area contributed by atoms with Crippen LogP contribution in [-0.4, -0.2) is 47.0 Å². The van der Waals surface area contributed by atoms with Gasteiger partial charge in [0.15, 0.2) is 0 Å². The molecule has 0 unspecified atom stereocenters. The molecule has 0 radical (unpaired) electrons. The zero-order chi connectivity index (χ0) is 20.4. The molecule has 2 aromatic rings. The third kappa shape index (κ3) is 4.71. The van der Waals surface area contributed by atoms with E-state index in [9.17, 15) is 19.5 Å². The minimum atomic E-state index is -1.18. The molecule has 0 bridgehead atoms. The van der Waals surface area contributed by atoms with Gasteiger partial charge in [0, 0.05) is 24.7 Å². The highest BCUT2D eigenvalue weighted by Gasteiger charge is 2.23. The number of nitrogens with zero attached hydrogens (tertiary/aromatic N) is 1. The number of alkyl carbamates (subject to hydrolysis) is 1. The Hall–Kier alpha value is -2.74. The number of carbonyl (C=O) groups excluding carboxylic acids is 2. The zero-order valence-electron chi connectivity index (χ0n) is 15.5. The van der Waals surface area contributed by atoms with Crippen molar-refractivity contribution in [2.24, 2.45) is 0 Å². The highest BCUT2D eigenvalue weighted by atomic mass is 35.5. The number of benzene rings is 1. The average molecular weight is 397 g/mol. The molecular formula is C18H21ClN2O6. The number of hydrogen-bond acceptors (Lipinski definition) is 5. The van der Waals surface area contributed by atoms with E-state index in [0.717, 1.165) is 0 Å². The number of methoxy groups -OCH3 is 1. The second kappa shape index (κ2) is 7.87. The second-order valence-electron chi connectivity index (χ2n) is 6.78. The van der Waals surface area contributed by atoms with E-state index in [1.807, 2.05) is 0 Å². The number of aromatic nitrogens is 1. The quantitative estimate of drug-likeness (QED) is 0.751. The highest BCUT2D eigenvalue weighted by Crippen LogP contribution is 2.31. The fourth-order valence-corrected chi connectivity index (χ4v) is 2.91. The van der Waals surface area contributed by atoms with Gasteiger partial charge in [0.1, 0.15) is 5.60 Å². The number of ether oxygens (including phenoxy) is 2. The zero-order valence-corrected chi connectivity index (χ0v) is 16.2. The van der Waals surface area contributed by atoms with Gasteiger partial charge in [-0.1, -0.05) is 11.6 Å². The van der Waals surface area contributed by atoms with Crippen LogP contribution in [0.1, 0.15) is 41.5 Å². The number of carboxylic acids is 1. The van der Waals surface area contributed by atoms with Crippen molar-refractivity contribution in [3.05, 3.63) is 34.5 Å². The number of fused-ring (bicyclic) bond motifs is 1. The molecule has 0 atom stereocenters. The van der Waals surface area contributed by atoms with E-state index in [4.69, 9.17) is 21.1 Å². The standard InChI is InChI=1S/C18H21ClN2O6/c1-18(2,3)27-17(25)20-6-8-21-7-5-10-13(16(24)26-4)12(19)9-11(14(10)21)15(22)23/h5,7,9H,6,8H2,1-4H3,(H,20,25)(H,22,23). The van der Waals surface area contributed by atoms with Crippen LogP contribution in [0.3, 0.4) is 0 Å². The van der Waals surface area contributed by atoms with E-state index in [1.54, 1.807) is 37.6 Å². The maximum atomic E-state index is 12.0. The normalized spacial score (nSPS) is 11.3. The first-order chi connectivity index (χ1) is 12.5. The SMILES string of the molecule is COC(=O)c1c(Cl)cc(C(=O)O)c2c1ccn2CCNC(=O)OC(C)(C)C. The minimum absolute atomic E-state index is 0.00335. The van der Waals surface area contributed by atoms with Gasteiger partial charge in [-0.2, -0.15) is 0 Å². The fourth-order valence-electron chi connectivity index (χ4n) is 2.62. The Balaban J connectivity index is 2.34. The van der Waals surface area contributed by atoms with Crippen LogP contribution < -0.4 is 5.32 Å². The summed E-state index contributed by atoms with van der Waals surface area (Å²) in [5.41, 5.74) is -0.256. The van der Waals surface area contributed by atoms with Gasteiger partial charge in [0.2, 0.25) is 0 Å². The lowest BCUT2D eigenvalue weighted by molar-refractivity contribution is 0.0524. The number of amides is 1. The van der Waals surface area contributed by atoms with E-state index in [0.29, 0.717) is 10.9 Å². The number of esters is 1. The van der Waals surface area contributed by atoms with Crippen LogP contribution in [0, 0.1) is 0 Å². The largest absolute Gasteiger partial charge is 0.478 e. The first-order valence-electron chi connectivity index (χ1n) is 8.15. The van der Waals surface area contributed by atoms with Crippen LogP contribution in [0.4, 0.5) is 4.79 Å². The van der Waals surface area contributed by atoms with Crippen molar-refractivity contribution >= 4 is 40.5 Å². The van der Waals surface area contributed by atoms with Crippen molar-refractivity contribution < 1.29 is 29.0 Å². The van der Waals surface area contributed by atoms with Crippen LogP contribution in [0.5, 0.6) is 0 Å². The number of carbonyl (C=O) groups is 3. The first-order valence-corrected chi connectivity index (χ1v) is 8.52. The van der Waals surface area contributed by atoms with Crippen LogP contribution in [0.25, 0.3) is 10.9 Å². The van der Waals surface area contributed by atoms with Crippen molar-refractivity contribution in [1.82, 2.24) is 9.88 Å². The summed E-state index contributed by atoms with van der Waals surface area (Å²) in [5.74, 6) is -1.84. The lowest BCUT2D eigenvalue weighted by atomic mass is 10.1. The van der Waals surface area contributed by atoms with Gasteiger partial charge in [-0.15, -0.1) is 0 Å². The molecule has 9 heteroatoms. The number of rotatable bonds is 5. The maximum Gasteiger partial charge on any atom is 0.407 e. The molecule has 0 saturated carbocycles. The molecule has 0 spiro atoms. The highest BCUT2D eigenvalue weighted by molar-refractivity contribution is 6.36. The van der Waals surface area contributed by atoms with Crippen LogP contribution >= 0.6 is 11.6 Å². The van der Waals surface area contributed by atoms with Crippen molar-refractivity contribution in [3.8, 4) is 0 Å². The summed E-state index contributed by atoms with van der Waals surface area (Å²) in [7, 11) is 1.22. The molecule has 2 rings (SSSR count). The molecule has 0 saturated heterocycles. The monoisotopic (exact) mass is 396 g/mol. The molecule has 0 aliphatic heterocycles. The Morgan fingerprint density at radius 3 is 2.52 bits per heavy atom. The molecule has 8 nitrogen and oxygen atoms in total. The fraction of sp³-hybridized carbons (Fsp3) is 0.389. The summed E-state index contributed by atoms with van der Waals surface area (Å²) in [6.45, 7) is 5.73. The first kappa shape index (κ1) is 20.6. The summed E-state index contributed by atoms with van der Waals surface area (Å²) >= 11 is 6.10. The van der Waals surface area contributed by atoms with E-state index >= 15 is 0 Å². The van der Waals surface area contributed by atoms with E-state index < -0.39 is 23.6 Å². The summed E-state index contributed by atoms with van der Waals surface area (Å²) in [6, 6.07) is 2.81. The molecule has 27 heavy (non-hydrogen) atoms. The van der Waals surface area contributed by atoms with Gasteiger partial charge in [0.05, 0.1) is 28.8 Å². The molecule has 1 amide bonds. The molecule has 0 fully saturated rings. The third-order valence-electron chi connectivity index (χ3n) is 3.64. The number of aromatic carboxylic acids is 1. The average Bonchev–Trinajstić information content (AvgIpc) is 2.95. The predicted octanol–water partition coefficient (Wildman–Crippen LogP) is 3.30. The lowest BCUT2D eigenvalue weighted by Crippen LogP contribution is -2.34. The Labute approximate surface area is 161 Å². The number of halogens is 1. The third-order valence-corrected chi connectivity index (χ3v) is 3.94. The number of carboxylic acid groups (broad SMARTS) is 1. The van der Waals surface area contributed by atoms with Crippen molar-refractivity contribution in [3.63, 3.8) is 0 Å². The molecule has 1 aromatic heterocycles. The molecule has 2 N–H and O–H groups in total. The topological polar surface area (TPSA) is 107 Å². The van der Waals surface area contributed by atoms with E-state index in [-0.39, 0.29) is 29.2 Å². The molecular weight excluding hydrogens is 376 g/mol. The van der Waals surface area contributed by atoms with E-state index in [2.05, 4.69) is 5.32 Å².